The predicted octanol–water partition coefficient (Wildman–Crippen LogP) is 6.01. The van der Waals surface area contributed by atoms with Gasteiger partial charge in [-0.3, -0.25) is 10.4 Å². The van der Waals surface area contributed by atoms with Crippen LogP contribution in [0, 0.1) is 17.0 Å². The van der Waals surface area contributed by atoms with Crippen LogP contribution < -0.4 is 29.4 Å². The summed E-state index contributed by atoms with van der Waals surface area (Å²) in [7, 11) is 4.48. The van der Waals surface area contributed by atoms with Crippen LogP contribution in [0.2, 0.25) is 0 Å². The summed E-state index contributed by atoms with van der Waals surface area (Å²) in [6.45, 7) is 3.14. The van der Waals surface area contributed by atoms with Crippen molar-refractivity contribution in [3.8, 4) is 52.0 Å². The average molecular weight is 690 g/mol. The topological polar surface area (TPSA) is 171 Å². The summed E-state index contributed by atoms with van der Waals surface area (Å²) >= 11 is 0. The number of likely N-dealkylation sites (N-methyl/N-ethyl adjacent to an activating group) is 1. The van der Waals surface area contributed by atoms with Crippen LogP contribution in [-0.4, -0.2) is 73.6 Å². The molecule has 4 aromatic rings. The number of ether oxygens (including phenoxy) is 6. The Hall–Kier alpha value is -6.38. The average Bonchev–Trinajstić information content (AvgIpc) is 3.54. The second-order valence-electron chi connectivity index (χ2n) is 10.5. The Labute approximate surface area is 285 Å². The van der Waals surface area contributed by atoms with Gasteiger partial charge in [0, 0.05) is 36.4 Å². The van der Waals surface area contributed by atoms with E-state index in [1.165, 1.54) is 56.7 Å². The molecule has 0 saturated carbocycles. The minimum Gasteiger partial charge on any atom is -0.504 e. The number of rotatable bonds is 13. The molecule has 0 spiro atoms. The number of aromatic nitrogens is 1. The molecule has 13 nitrogen and oxygen atoms in total. The Balaban J connectivity index is 1.64. The first-order valence-electron chi connectivity index (χ1n) is 15.1. The first-order valence-corrected chi connectivity index (χ1v) is 15.1. The molecular weight excluding hydrogens is 656 g/mol. The van der Waals surface area contributed by atoms with Crippen molar-refractivity contribution in [2.45, 2.75) is 6.92 Å². The number of aromatic hydroxyl groups is 1. The third-order valence-electron chi connectivity index (χ3n) is 7.24. The summed E-state index contributed by atoms with van der Waals surface area (Å²) in [6, 6.07) is 13.3. The Morgan fingerprint density at radius 3 is 2.40 bits per heavy atom. The molecule has 3 aromatic carbocycles. The van der Waals surface area contributed by atoms with Crippen molar-refractivity contribution in [2.75, 3.05) is 41.0 Å². The van der Waals surface area contributed by atoms with E-state index in [0.717, 1.165) is 12.6 Å². The van der Waals surface area contributed by atoms with Gasteiger partial charge in [0.05, 0.1) is 27.4 Å². The molecule has 0 saturated heterocycles. The van der Waals surface area contributed by atoms with Crippen molar-refractivity contribution in [3.63, 3.8) is 0 Å². The quantitative estimate of drug-likeness (QED) is 0.0650. The summed E-state index contributed by atoms with van der Waals surface area (Å²) in [5.41, 5.74) is 6.69. The van der Waals surface area contributed by atoms with Gasteiger partial charge in [0.25, 0.3) is 11.8 Å². The minimum absolute atomic E-state index is 0.0108. The SMILES string of the molecule is CCOC(=O)C=Cc1ccc(OC)c(Oc2c(F)c(Oc3cccc(C4=NCCN4C)c3)nc(Oc3cc(C(=N)N)ccc3O)c2F)c1OC. The Bertz CT molecular complexity index is 2000. The summed E-state index contributed by atoms with van der Waals surface area (Å²) in [5.74, 6) is -6.73. The number of esters is 1. The smallest absolute Gasteiger partial charge is 0.330 e. The molecule has 50 heavy (non-hydrogen) atoms. The largest absolute Gasteiger partial charge is 0.504 e. The number of halogens is 2. The molecule has 0 aliphatic carbocycles. The van der Waals surface area contributed by atoms with Gasteiger partial charge in [-0.15, -0.1) is 0 Å². The molecule has 0 bridgehead atoms. The maximum atomic E-state index is 16.4. The van der Waals surface area contributed by atoms with Gasteiger partial charge in [-0.1, -0.05) is 12.1 Å². The van der Waals surface area contributed by atoms with Crippen LogP contribution in [0.1, 0.15) is 23.6 Å². The Morgan fingerprint density at radius 2 is 1.74 bits per heavy atom. The van der Waals surface area contributed by atoms with Crippen molar-refractivity contribution >= 4 is 23.7 Å². The zero-order valence-corrected chi connectivity index (χ0v) is 27.5. The van der Waals surface area contributed by atoms with E-state index in [1.54, 1.807) is 25.1 Å². The van der Waals surface area contributed by atoms with Crippen molar-refractivity contribution in [1.82, 2.24) is 9.88 Å². The van der Waals surface area contributed by atoms with Gasteiger partial charge in [0.1, 0.15) is 17.4 Å². The minimum atomic E-state index is -1.44. The van der Waals surface area contributed by atoms with E-state index in [9.17, 15) is 9.90 Å². The maximum absolute atomic E-state index is 16.4. The number of hydrogen-bond acceptors (Lipinski definition) is 12. The van der Waals surface area contributed by atoms with Crippen LogP contribution in [0.4, 0.5) is 8.78 Å². The fourth-order valence-corrected chi connectivity index (χ4v) is 4.84. The molecule has 0 radical (unpaired) electrons. The standard InChI is InChI=1S/C35H33F2N5O8/c1-5-47-26(44)14-11-19-10-13-24(45-3)30(29(19)46-4)50-31-27(36)34(48-22-8-6-7-21(17-22)33-40-15-16-42(33)2)41-35(28(31)37)49-25-18-20(32(38)39)9-12-23(25)43/h6-14,17-18,43H,5,15-16H2,1-4H3,(H3,38,39). The number of carbonyl (C=O) groups is 1. The molecule has 1 aliphatic heterocycles. The molecule has 4 N–H and O–H groups in total. The van der Waals surface area contributed by atoms with Gasteiger partial charge in [-0.2, -0.15) is 13.8 Å². The summed E-state index contributed by atoms with van der Waals surface area (Å²) in [6.07, 6.45) is 2.52. The number of phenols is 1. The summed E-state index contributed by atoms with van der Waals surface area (Å²) < 4.78 is 65.8. The number of pyridine rings is 1. The number of methoxy groups -OCH3 is 2. The fraction of sp³-hybridized carbons (Fsp3) is 0.200. The zero-order valence-electron chi connectivity index (χ0n) is 27.5. The van der Waals surface area contributed by atoms with Gasteiger partial charge in [-0.05, 0) is 55.5 Å². The van der Waals surface area contributed by atoms with E-state index in [4.69, 9.17) is 39.6 Å². The molecule has 1 aromatic heterocycles. The highest BCUT2D eigenvalue weighted by Gasteiger charge is 2.29. The molecule has 5 rings (SSSR count). The van der Waals surface area contributed by atoms with E-state index < -0.39 is 40.9 Å². The second kappa shape index (κ2) is 15.2. The molecule has 0 atom stereocenters. The molecule has 2 heterocycles. The van der Waals surface area contributed by atoms with Gasteiger partial charge in [0.15, 0.2) is 23.0 Å². The molecule has 0 amide bonds. The lowest BCUT2D eigenvalue weighted by Gasteiger charge is -2.19. The van der Waals surface area contributed by atoms with Gasteiger partial charge in [0.2, 0.25) is 23.1 Å². The predicted molar refractivity (Wildman–Crippen MR) is 179 cm³/mol. The van der Waals surface area contributed by atoms with Crippen molar-refractivity contribution in [3.05, 3.63) is 89.0 Å². The van der Waals surface area contributed by atoms with Gasteiger partial charge in [-0.25, -0.2) is 4.79 Å². The molecule has 0 fully saturated rings. The molecule has 260 valence electrons. The van der Waals surface area contributed by atoms with E-state index in [2.05, 4.69) is 9.98 Å². The van der Waals surface area contributed by atoms with Crippen LogP contribution in [0.15, 0.2) is 65.7 Å². The normalized spacial score (nSPS) is 12.4. The van der Waals surface area contributed by atoms with Crippen molar-refractivity contribution in [2.24, 2.45) is 10.7 Å². The fourth-order valence-electron chi connectivity index (χ4n) is 4.84. The van der Waals surface area contributed by atoms with Crippen LogP contribution >= 0.6 is 0 Å². The number of aliphatic imine (C=N–C) groups is 1. The van der Waals surface area contributed by atoms with Gasteiger partial charge < -0.3 is 44.2 Å². The number of hydrogen-bond donors (Lipinski definition) is 3. The van der Waals surface area contributed by atoms with Gasteiger partial charge >= 0.3 is 5.97 Å². The van der Waals surface area contributed by atoms with E-state index in [-0.39, 0.29) is 52.3 Å². The van der Waals surface area contributed by atoms with Crippen molar-refractivity contribution < 1.29 is 47.1 Å². The van der Waals surface area contributed by atoms with E-state index in [1.807, 2.05) is 11.9 Å². The molecule has 1 aliphatic rings. The van der Waals surface area contributed by atoms with E-state index >= 15 is 8.78 Å². The first-order chi connectivity index (χ1) is 24.0. The van der Waals surface area contributed by atoms with E-state index in [0.29, 0.717) is 17.9 Å². The number of phenolic OH excluding ortho intramolecular Hbond substituents is 1. The second-order valence-corrected chi connectivity index (χ2v) is 10.5. The zero-order chi connectivity index (χ0) is 35.9. The third-order valence-corrected chi connectivity index (χ3v) is 7.24. The number of amidine groups is 2. The highest BCUT2D eigenvalue weighted by Crippen LogP contribution is 2.47. The third kappa shape index (κ3) is 7.51. The lowest BCUT2D eigenvalue weighted by Crippen LogP contribution is -2.23. The number of nitrogens with two attached hydrogens (primary N) is 1. The highest BCUT2D eigenvalue weighted by molar-refractivity contribution is 6.00. The summed E-state index contributed by atoms with van der Waals surface area (Å²) in [4.78, 5) is 22.4. The number of nitrogen functional groups attached to an aromatic ring is 1. The molecule has 0 unspecified atom stereocenters. The molecular formula is C35H33F2N5O8. The van der Waals surface area contributed by atoms with Crippen molar-refractivity contribution in [1.29, 1.82) is 5.41 Å². The number of nitrogens with one attached hydrogen (secondary N) is 1. The monoisotopic (exact) mass is 689 g/mol. The Morgan fingerprint density at radius 1 is 0.980 bits per heavy atom. The van der Waals surface area contributed by atoms with Crippen LogP contribution in [0.3, 0.4) is 0 Å². The molecule has 15 heteroatoms. The van der Waals surface area contributed by atoms with Crippen LogP contribution in [0.25, 0.3) is 6.08 Å². The van der Waals surface area contributed by atoms with Crippen LogP contribution in [0.5, 0.6) is 52.0 Å². The number of nitrogens with zero attached hydrogens (tertiary/aromatic N) is 3. The first kappa shape index (κ1) is 34.9. The lowest BCUT2D eigenvalue weighted by atomic mass is 10.1. The number of benzene rings is 3. The lowest BCUT2D eigenvalue weighted by molar-refractivity contribution is -0.137. The highest BCUT2D eigenvalue weighted by atomic mass is 19.1. The summed E-state index contributed by atoms with van der Waals surface area (Å²) in [5, 5.41) is 18.2. The van der Waals surface area contributed by atoms with Crippen LogP contribution in [-0.2, 0) is 9.53 Å². The Kier molecular flexibility index (Phi) is 10.6. The maximum Gasteiger partial charge on any atom is 0.330 e. The number of carbonyl (C=O) groups excluding carboxylic acids is 1.